The first-order valence-electron chi connectivity index (χ1n) is 7.91. The van der Waals surface area contributed by atoms with E-state index in [0.717, 1.165) is 6.42 Å². The van der Waals surface area contributed by atoms with Crippen molar-refractivity contribution in [1.29, 1.82) is 0 Å². The fraction of sp³-hybridized carbons (Fsp3) is 0.812. The molecular formula is C16H22O7. The average molecular weight is 326 g/mol. The number of methoxy groups -OCH3 is 1. The summed E-state index contributed by atoms with van der Waals surface area (Å²) >= 11 is 0. The summed E-state index contributed by atoms with van der Waals surface area (Å²) in [6, 6.07) is 0. The minimum absolute atomic E-state index is 0.0101. The number of rotatable bonds is 4. The Bertz CT molecular complexity index is 573. The number of aliphatic carboxylic acids is 1. The van der Waals surface area contributed by atoms with Crippen molar-refractivity contribution in [3.05, 3.63) is 0 Å². The number of carbonyl (C=O) groups is 3. The molecular weight excluding hydrogens is 304 g/mol. The molecule has 4 aliphatic rings. The Labute approximate surface area is 133 Å². The smallest absolute Gasteiger partial charge is 0.315 e. The van der Waals surface area contributed by atoms with Crippen molar-refractivity contribution in [2.75, 3.05) is 7.11 Å². The van der Waals surface area contributed by atoms with E-state index in [4.69, 9.17) is 9.47 Å². The van der Waals surface area contributed by atoms with Gasteiger partial charge in [0.1, 0.15) is 11.0 Å². The highest BCUT2D eigenvalue weighted by molar-refractivity contribution is 5.85. The van der Waals surface area contributed by atoms with Gasteiger partial charge < -0.3 is 19.7 Å². The fourth-order valence-electron chi connectivity index (χ4n) is 5.64. The van der Waals surface area contributed by atoms with Gasteiger partial charge in [0, 0.05) is 19.3 Å². The molecule has 4 bridgehead atoms. The van der Waals surface area contributed by atoms with E-state index in [-0.39, 0.29) is 12.3 Å². The molecule has 0 amide bonds. The molecule has 7 nitrogen and oxygen atoms in total. The average Bonchev–Trinajstić information content (AvgIpc) is 2.58. The Morgan fingerprint density at radius 3 is 2.43 bits per heavy atom. The second-order valence-corrected chi connectivity index (χ2v) is 7.31. The van der Waals surface area contributed by atoms with E-state index in [1.54, 1.807) is 0 Å². The zero-order valence-corrected chi connectivity index (χ0v) is 13.3. The first-order chi connectivity index (χ1) is 10.7. The summed E-state index contributed by atoms with van der Waals surface area (Å²) in [5.74, 6) is -2.70. The molecule has 0 saturated heterocycles. The van der Waals surface area contributed by atoms with E-state index in [1.165, 1.54) is 14.0 Å². The number of hydrogen-bond acceptors (Lipinski definition) is 6. The van der Waals surface area contributed by atoms with E-state index in [1.807, 2.05) is 0 Å². The van der Waals surface area contributed by atoms with Crippen molar-refractivity contribution in [3.8, 4) is 0 Å². The van der Waals surface area contributed by atoms with E-state index in [2.05, 4.69) is 0 Å². The van der Waals surface area contributed by atoms with Crippen LogP contribution in [0.2, 0.25) is 0 Å². The van der Waals surface area contributed by atoms with Gasteiger partial charge in [-0.25, -0.2) is 0 Å². The molecule has 0 radical (unpaired) electrons. The van der Waals surface area contributed by atoms with Crippen LogP contribution in [0.15, 0.2) is 0 Å². The molecule has 4 rings (SSSR count). The minimum Gasteiger partial charge on any atom is -0.481 e. The van der Waals surface area contributed by atoms with Gasteiger partial charge >= 0.3 is 17.9 Å². The van der Waals surface area contributed by atoms with E-state index in [9.17, 15) is 24.6 Å². The number of hydrogen-bond donors (Lipinski definition) is 2. The van der Waals surface area contributed by atoms with Crippen molar-refractivity contribution < 1.29 is 34.1 Å². The molecule has 4 saturated carbocycles. The van der Waals surface area contributed by atoms with Gasteiger partial charge in [0.05, 0.1) is 19.1 Å². The summed E-state index contributed by atoms with van der Waals surface area (Å²) in [5.41, 5.74) is -4.04. The molecule has 0 aromatic rings. The van der Waals surface area contributed by atoms with Crippen molar-refractivity contribution in [2.45, 2.75) is 56.7 Å². The van der Waals surface area contributed by atoms with Gasteiger partial charge in [0.15, 0.2) is 0 Å². The maximum Gasteiger partial charge on any atom is 0.315 e. The van der Waals surface area contributed by atoms with Crippen LogP contribution < -0.4 is 0 Å². The normalized spacial score (nSPS) is 44.0. The van der Waals surface area contributed by atoms with Gasteiger partial charge in [-0.15, -0.1) is 0 Å². The molecule has 0 heterocycles. The highest BCUT2D eigenvalue weighted by Crippen LogP contribution is 2.70. The highest BCUT2D eigenvalue weighted by atomic mass is 16.6. The van der Waals surface area contributed by atoms with Gasteiger partial charge in [-0.1, -0.05) is 0 Å². The molecule has 4 aliphatic carbocycles. The fourth-order valence-corrected chi connectivity index (χ4v) is 5.64. The lowest BCUT2D eigenvalue weighted by Crippen LogP contribution is -2.60. The largest absolute Gasteiger partial charge is 0.481 e. The second-order valence-electron chi connectivity index (χ2n) is 7.31. The Balaban J connectivity index is 2.13. The lowest BCUT2D eigenvalue weighted by Gasteiger charge is -2.53. The molecule has 7 heteroatoms. The molecule has 5 atom stereocenters. The van der Waals surface area contributed by atoms with Gasteiger partial charge in [0.2, 0.25) is 0 Å². The van der Waals surface area contributed by atoms with Gasteiger partial charge in [-0.05, 0) is 31.6 Å². The Kier molecular flexibility index (Phi) is 3.48. The minimum atomic E-state index is -1.57. The van der Waals surface area contributed by atoms with Crippen LogP contribution in [0.4, 0.5) is 0 Å². The summed E-state index contributed by atoms with van der Waals surface area (Å²) < 4.78 is 10.5. The summed E-state index contributed by atoms with van der Waals surface area (Å²) in [6.07, 6.45) is 1.91. The molecule has 0 aromatic heterocycles. The van der Waals surface area contributed by atoms with Crippen LogP contribution in [-0.4, -0.2) is 46.4 Å². The lowest BCUT2D eigenvalue weighted by molar-refractivity contribution is -0.207. The predicted molar refractivity (Wildman–Crippen MR) is 76.2 cm³/mol. The second kappa shape index (κ2) is 4.93. The molecule has 0 aromatic carbocycles. The third kappa shape index (κ3) is 2.02. The van der Waals surface area contributed by atoms with Crippen LogP contribution in [0.1, 0.15) is 45.4 Å². The van der Waals surface area contributed by atoms with Crippen LogP contribution in [0.25, 0.3) is 0 Å². The molecule has 2 N–H and O–H groups in total. The summed E-state index contributed by atoms with van der Waals surface area (Å²) in [7, 11) is 1.19. The Morgan fingerprint density at radius 2 is 1.91 bits per heavy atom. The molecule has 0 unspecified atom stereocenters. The monoisotopic (exact) mass is 326 g/mol. The lowest BCUT2D eigenvalue weighted by atomic mass is 9.56. The number of ether oxygens (including phenoxy) is 2. The molecule has 4 fully saturated rings. The molecule has 0 aliphatic heterocycles. The third-order valence-electron chi connectivity index (χ3n) is 6.12. The Hall–Kier alpha value is -1.63. The van der Waals surface area contributed by atoms with Gasteiger partial charge in [-0.2, -0.15) is 0 Å². The van der Waals surface area contributed by atoms with Crippen molar-refractivity contribution in [3.63, 3.8) is 0 Å². The van der Waals surface area contributed by atoms with Crippen LogP contribution >= 0.6 is 0 Å². The maximum atomic E-state index is 12.5. The first-order valence-corrected chi connectivity index (χ1v) is 7.91. The van der Waals surface area contributed by atoms with Crippen LogP contribution in [0.3, 0.4) is 0 Å². The zero-order valence-electron chi connectivity index (χ0n) is 13.3. The summed E-state index contributed by atoms with van der Waals surface area (Å²) in [6.45, 7) is 1.30. The number of aliphatic hydroxyl groups is 1. The van der Waals surface area contributed by atoms with Crippen molar-refractivity contribution >= 4 is 17.9 Å². The van der Waals surface area contributed by atoms with E-state index in [0.29, 0.717) is 19.3 Å². The first kappa shape index (κ1) is 16.2. The van der Waals surface area contributed by atoms with Gasteiger partial charge in [-0.3, -0.25) is 14.4 Å². The molecule has 128 valence electrons. The van der Waals surface area contributed by atoms with Gasteiger partial charge in [0.25, 0.3) is 0 Å². The van der Waals surface area contributed by atoms with Crippen LogP contribution in [0, 0.1) is 17.3 Å². The topological polar surface area (TPSA) is 110 Å². The maximum absolute atomic E-state index is 12.5. The summed E-state index contributed by atoms with van der Waals surface area (Å²) in [5, 5.41) is 20.7. The SMILES string of the molecule is COC(=O)[C@@]1(CC(=O)O)C[C@]2(OC(C)=O)C[C@@H]3CC[C@H]2[C@]1(O)C3. The predicted octanol–water partition coefficient (Wildman–Crippen LogP) is 0.877. The molecule has 23 heavy (non-hydrogen) atoms. The quantitative estimate of drug-likeness (QED) is 0.738. The number of carboxylic acids is 1. The number of carbonyl (C=O) groups excluding carboxylic acids is 2. The Morgan fingerprint density at radius 1 is 1.22 bits per heavy atom. The number of fused-ring (bicyclic) bond motifs is 1. The highest BCUT2D eigenvalue weighted by Gasteiger charge is 2.78. The number of esters is 2. The van der Waals surface area contributed by atoms with Crippen LogP contribution in [-0.2, 0) is 23.9 Å². The summed E-state index contributed by atoms with van der Waals surface area (Å²) in [4.78, 5) is 35.6. The van der Waals surface area contributed by atoms with Crippen molar-refractivity contribution in [2.24, 2.45) is 17.3 Å². The molecule has 0 spiro atoms. The third-order valence-corrected chi connectivity index (χ3v) is 6.12. The zero-order chi connectivity index (χ0) is 17.0. The van der Waals surface area contributed by atoms with Crippen molar-refractivity contribution in [1.82, 2.24) is 0 Å². The number of carboxylic acid groups (broad SMARTS) is 1. The van der Waals surface area contributed by atoms with E-state index >= 15 is 0 Å². The van der Waals surface area contributed by atoms with Crippen LogP contribution in [0.5, 0.6) is 0 Å². The van der Waals surface area contributed by atoms with E-state index < -0.39 is 46.9 Å². The standard InChI is InChI=1S/C16H22O7/c1-9(17)23-15-5-10-3-4-11(15)16(21,6-10)14(8-15,7-12(18)19)13(20)22-2/h10-11,21H,3-8H2,1-2H3,(H,18,19)/t10-,11+,14+,15+,16+/m0/s1.